The number of primary amides is 1. The number of carbonyl (C=O) groups excluding carboxylic acids is 1. The number of thiophene rings is 1. The first-order valence-corrected chi connectivity index (χ1v) is 6.49. The zero-order valence-electron chi connectivity index (χ0n) is 9.95. The molecule has 0 bridgehead atoms. The maximum absolute atomic E-state index is 10.5. The zero-order valence-corrected chi connectivity index (χ0v) is 10.8. The van der Waals surface area contributed by atoms with Crippen LogP contribution in [0.2, 0.25) is 0 Å². The molecule has 0 aromatic carbocycles. The van der Waals surface area contributed by atoms with Gasteiger partial charge in [-0.1, -0.05) is 0 Å². The Balaban J connectivity index is 2.15. The van der Waals surface area contributed by atoms with E-state index in [4.69, 9.17) is 5.73 Å². The summed E-state index contributed by atoms with van der Waals surface area (Å²) in [5, 5.41) is 3.44. The van der Waals surface area contributed by atoms with Crippen LogP contribution in [0.15, 0.2) is 12.1 Å². The SMILES string of the molecule is Cc1ccc(C(C)NCCCCC(N)=O)s1. The molecule has 3 nitrogen and oxygen atoms in total. The van der Waals surface area contributed by atoms with Crippen LogP contribution < -0.4 is 11.1 Å². The summed E-state index contributed by atoms with van der Waals surface area (Å²) in [6.07, 6.45) is 2.37. The highest BCUT2D eigenvalue weighted by Crippen LogP contribution is 2.22. The van der Waals surface area contributed by atoms with Gasteiger partial charge in [0.2, 0.25) is 5.91 Å². The Bertz CT molecular complexity index is 336. The second kappa shape index (κ2) is 6.66. The number of hydrogen-bond donors (Lipinski definition) is 2. The molecular formula is C12H20N2OS. The lowest BCUT2D eigenvalue weighted by molar-refractivity contribution is -0.118. The van der Waals surface area contributed by atoms with Crippen LogP contribution in [0.1, 0.15) is 42.0 Å². The van der Waals surface area contributed by atoms with E-state index in [1.54, 1.807) is 0 Å². The Morgan fingerprint density at radius 3 is 2.81 bits per heavy atom. The van der Waals surface area contributed by atoms with Gasteiger partial charge in [-0.05, 0) is 45.4 Å². The van der Waals surface area contributed by atoms with Gasteiger partial charge >= 0.3 is 0 Å². The van der Waals surface area contributed by atoms with Crippen molar-refractivity contribution < 1.29 is 4.79 Å². The van der Waals surface area contributed by atoms with Crippen molar-refractivity contribution in [3.05, 3.63) is 21.9 Å². The molecule has 4 heteroatoms. The maximum atomic E-state index is 10.5. The van der Waals surface area contributed by atoms with Crippen LogP contribution in [-0.2, 0) is 4.79 Å². The minimum Gasteiger partial charge on any atom is -0.370 e. The lowest BCUT2D eigenvalue weighted by Gasteiger charge is -2.11. The molecule has 0 aliphatic rings. The van der Waals surface area contributed by atoms with E-state index < -0.39 is 0 Å². The highest BCUT2D eigenvalue weighted by atomic mass is 32.1. The van der Waals surface area contributed by atoms with Crippen LogP contribution >= 0.6 is 11.3 Å². The van der Waals surface area contributed by atoms with Gasteiger partial charge in [0, 0.05) is 22.2 Å². The van der Waals surface area contributed by atoms with Gasteiger partial charge in [0.1, 0.15) is 0 Å². The fourth-order valence-corrected chi connectivity index (χ4v) is 2.43. The summed E-state index contributed by atoms with van der Waals surface area (Å²) in [7, 11) is 0. The molecule has 0 aliphatic heterocycles. The molecule has 0 fully saturated rings. The van der Waals surface area contributed by atoms with E-state index in [9.17, 15) is 4.79 Å². The molecule has 0 saturated carbocycles. The number of aryl methyl sites for hydroxylation is 1. The van der Waals surface area contributed by atoms with E-state index in [0.717, 1.165) is 19.4 Å². The van der Waals surface area contributed by atoms with Crippen LogP contribution in [0.4, 0.5) is 0 Å². The van der Waals surface area contributed by atoms with Crippen molar-refractivity contribution in [3.8, 4) is 0 Å². The number of unbranched alkanes of at least 4 members (excludes halogenated alkanes) is 1. The molecule has 1 aromatic heterocycles. The zero-order chi connectivity index (χ0) is 12.0. The monoisotopic (exact) mass is 240 g/mol. The maximum Gasteiger partial charge on any atom is 0.217 e. The number of nitrogens with two attached hydrogens (primary N) is 1. The third-order valence-electron chi connectivity index (χ3n) is 2.49. The minimum atomic E-state index is -0.207. The summed E-state index contributed by atoms with van der Waals surface area (Å²) in [5.41, 5.74) is 5.07. The van der Waals surface area contributed by atoms with Crippen LogP contribution in [-0.4, -0.2) is 12.5 Å². The topological polar surface area (TPSA) is 55.1 Å². The van der Waals surface area contributed by atoms with Gasteiger partial charge in [-0.25, -0.2) is 0 Å². The van der Waals surface area contributed by atoms with Gasteiger partial charge in [0.05, 0.1) is 0 Å². The summed E-state index contributed by atoms with van der Waals surface area (Å²) in [6, 6.07) is 4.71. The summed E-state index contributed by atoms with van der Waals surface area (Å²) < 4.78 is 0. The van der Waals surface area contributed by atoms with E-state index in [-0.39, 0.29) is 5.91 Å². The summed E-state index contributed by atoms with van der Waals surface area (Å²) >= 11 is 1.83. The van der Waals surface area contributed by atoms with Crippen molar-refractivity contribution in [2.75, 3.05) is 6.54 Å². The number of nitrogens with one attached hydrogen (secondary N) is 1. The molecule has 1 heterocycles. The Kier molecular flexibility index (Phi) is 5.49. The van der Waals surface area contributed by atoms with Gasteiger partial charge in [-0.3, -0.25) is 4.79 Å². The Morgan fingerprint density at radius 2 is 2.25 bits per heavy atom. The summed E-state index contributed by atoms with van der Waals surface area (Å²) in [6.45, 7) is 5.22. The predicted octanol–water partition coefficient (Wildman–Crippen LogP) is 2.36. The van der Waals surface area contributed by atoms with Crippen molar-refractivity contribution in [1.82, 2.24) is 5.32 Å². The van der Waals surface area contributed by atoms with Crippen LogP contribution in [0.5, 0.6) is 0 Å². The van der Waals surface area contributed by atoms with Gasteiger partial charge in [-0.2, -0.15) is 0 Å². The fourth-order valence-electron chi connectivity index (χ4n) is 1.53. The van der Waals surface area contributed by atoms with E-state index in [0.29, 0.717) is 12.5 Å². The fraction of sp³-hybridized carbons (Fsp3) is 0.583. The molecule has 0 saturated heterocycles. The normalized spacial score (nSPS) is 12.6. The lowest BCUT2D eigenvalue weighted by atomic mass is 10.2. The van der Waals surface area contributed by atoms with Crippen LogP contribution in [0.25, 0.3) is 0 Å². The molecule has 0 aliphatic carbocycles. The van der Waals surface area contributed by atoms with Crippen molar-refractivity contribution in [1.29, 1.82) is 0 Å². The largest absolute Gasteiger partial charge is 0.370 e. The molecule has 1 aromatic rings. The second-order valence-electron chi connectivity index (χ2n) is 4.05. The van der Waals surface area contributed by atoms with E-state index >= 15 is 0 Å². The average molecular weight is 240 g/mol. The van der Waals surface area contributed by atoms with E-state index in [2.05, 4.69) is 31.3 Å². The third kappa shape index (κ3) is 4.77. The standard InChI is InChI=1S/C12H20N2OS/c1-9-6-7-11(16-9)10(2)14-8-4-3-5-12(13)15/h6-7,10,14H,3-5,8H2,1-2H3,(H2,13,15). The third-order valence-corrected chi connectivity index (χ3v) is 3.67. The molecule has 1 atom stereocenters. The molecule has 16 heavy (non-hydrogen) atoms. The van der Waals surface area contributed by atoms with Gasteiger partial charge in [0.25, 0.3) is 0 Å². The highest BCUT2D eigenvalue weighted by Gasteiger charge is 2.06. The molecule has 1 rings (SSSR count). The number of rotatable bonds is 7. The van der Waals surface area contributed by atoms with Crippen molar-refractivity contribution in [2.24, 2.45) is 5.73 Å². The summed E-state index contributed by atoms with van der Waals surface area (Å²) in [5.74, 6) is -0.207. The van der Waals surface area contributed by atoms with Crippen molar-refractivity contribution in [2.45, 2.75) is 39.2 Å². The highest BCUT2D eigenvalue weighted by molar-refractivity contribution is 7.12. The van der Waals surface area contributed by atoms with E-state index in [1.807, 2.05) is 11.3 Å². The Labute approximate surface area is 101 Å². The predicted molar refractivity (Wildman–Crippen MR) is 68.5 cm³/mol. The average Bonchev–Trinajstić information content (AvgIpc) is 2.63. The first kappa shape index (κ1) is 13.2. The van der Waals surface area contributed by atoms with Gasteiger partial charge in [-0.15, -0.1) is 11.3 Å². The van der Waals surface area contributed by atoms with Gasteiger partial charge < -0.3 is 11.1 Å². The quantitative estimate of drug-likeness (QED) is 0.719. The molecule has 90 valence electrons. The van der Waals surface area contributed by atoms with Crippen molar-refractivity contribution >= 4 is 17.2 Å². The molecule has 1 unspecified atom stereocenters. The molecule has 3 N–H and O–H groups in total. The molecule has 0 radical (unpaired) electrons. The van der Waals surface area contributed by atoms with Crippen molar-refractivity contribution in [3.63, 3.8) is 0 Å². The number of hydrogen-bond acceptors (Lipinski definition) is 3. The first-order chi connectivity index (χ1) is 7.59. The molecule has 0 spiro atoms. The molecular weight excluding hydrogens is 220 g/mol. The lowest BCUT2D eigenvalue weighted by Crippen LogP contribution is -2.19. The van der Waals surface area contributed by atoms with Crippen LogP contribution in [0, 0.1) is 6.92 Å². The number of carbonyl (C=O) groups is 1. The Morgan fingerprint density at radius 1 is 1.50 bits per heavy atom. The first-order valence-electron chi connectivity index (χ1n) is 5.67. The molecule has 1 amide bonds. The summed E-state index contributed by atoms with van der Waals surface area (Å²) in [4.78, 5) is 13.2. The number of amides is 1. The van der Waals surface area contributed by atoms with Gasteiger partial charge in [0.15, 0.2) is 0 Å². The second-order valence-corrected chi connectivity index (χ2v) is 5.37. The Hall–Kier alpha value is -0.870. The van der Waals surface area contributed by atoms with Crippen LogP contribution in [0.3, 0.4) is 0 Å². The van der Waals surface area contributed by atoms with E-state index in [1.165, 1.54) is 9.75 Å². The minimum absolute atomic E-state index is 0.207. The smallest absolute Gasteiger partial charge is 0.217 e.